The Hall–Kier alpha value is -2.38. The van der Waals surface area contributed by atoms with Crippen LogP contribution in [0.5, 0.6) is 0 Å². The minimum Gasteiger partial charge on any atom is -0.271 e. The first kappa shape index (κ1) is 19.9. The number of amides is 1. The summed E-state index contributed by atoms with van der Waals surface area (Å²) in [5, 5.41) is 4.34. The summed E-state index contributed by atoms with van der Waals surface area (Å²) in [7, 11) is -3.63. The van der Waals surface area contributed by atoms with Crippen molar-refractivity contribution in [1.82, 2.24) is 5.43 Å². The van der Waals surface area contributed by atoms with Crippen LogP contribution in [0.1, 0.15) is 18.1 Å². The van der Waals surface area contributed by atoms with Gasteiger partial charge in [-0.3, -0.25) is 9.10 Å². The predicted molar refractivity (Wildman–Crippen MR) is 105 cm³/mol. The van der Waals surface area contributed by atoms with Crippen LogP contribution in [-0.4, -0.2) is 33.3 Å². The second-order valence-corrected chi connectivity index (χ2v) is 7.88. The van der Waals surface area contributed by atoms with Crippen LogP contribution in [0.4, 0.5) is 5.69 Å². The standard InChI is InChI=1S/C18H20ClN3O3S/c1-3-14-8-5-7-11-17(14)22(26(2,24)25)13-18(23)21-20-12-15-9-4-6-10-16(15)19/h4-12H,3,13H2,1-2H3,(H,21,23)/b20-12-. The smallest absolute Gasteiger partial charge is 0.260 e. The Bertz CT molecular complexity index is 913. The molecule has 0 heterocycles. The average molecular weight is 394 g/mol. The summed E-state index contributed by atoms with van der Waals surface area (Å²) in [4.78, 5) is 12.2. The van der Waals surface area contributed by atoms with Crippen molar-refractivity contribution in [2.75, 3.05) is 17.1 Å². The van der Waals surface area contributed by atoms with Crippen LogP contribution < -0.4 is 9.73 Å². The van der Waals surface area contributed by atoms with Crippen LogP contribution in [0, 0.1) is 0 Å². The Labute approximate surface area is 158 Å². The fourth-order valence-corrected chi connectivity index (χ4v) is 3.43. The zero-order valence-corrected chi connectivity index (χ0v) is 16.1. The van der Waals surface area contributed by atoms with E-state index < -0.39 is 15.9 Å². The summed E-state index contributed by atoms with van der Waals surface area (Å²) in [6, 6.07) is 14.1. The number of sulfonamides is 1. The number of hydrogen-bond acceptors (Lipinski definition) is 4. The fraction of sp³-hybridized carbons (Fsp3) is 0.222. The maximum Gasteiger partial charge on any atom is 0.260 e. The van der Waals surface area contributed by atoms with Gasteiger partial charge in [0.15, 0.2) is 0 Å². The molecule has 2 aromatic rings. The lowest BCUT2D eigenvalue weighted by atomic mass is 10.1. The number of anilines is 1. The van der Waals surface area contributed by atoms with Gasteiger partial charge in [0.2, 0.25) is 10.0 Å². The van der Waals surface area contributed by atoms with E-state index in [1.54, 1.807) is 36.4 Å². The molecule has 8 heteroatoms. The van der Waals surface area contributed by atoms with E-state index in [9.17, 15) is 13.2 Å². The molecule has 2 aromatic carbocycles. The number of halogens is 1. The molecule has 0 aromatic heterocycles. The van der Waals surface area contributed by atoms with Crippen molar-refractivity contribution < 1.29 is 13.2 Å². The van der Waals surface area contributed by atoms with Crippen LogP contribution in [0.3, 0.4) is 0 Å². The Morgan fingerprint density at radius 3 is 2.50 bits per heavy atom. The van der Waals surface area contributed by atoms with E-state index in [-0.39, 0.29) is 6.54 Å². The van der Waals surface area contributed by atoms with Crippen molar-refractivity contribution in [2.45, 2.75) is 13.3 Å². The second kappa shape index (κ2) is 8.82. The molecule has 0 aliphatic rings. The van der Waals surface area contributed by atoms with E-state index in [0.717, 1.165) is 16.1 Å². The quantitative estimate of drug-likeness (QED) is 0.580. The van der Waals surface area contributed by atoms with Crippen molar-refractivity contribution in [2.24, 2.45) is 5.10 Å². The zero-order valence-electron chi connectivity index (χ0n) is 14.5. The first-order valence-corrected chi connectivity index (χ1v) is 10.2. The van der Waals surface area contributed by atoms with Crippen LogP contribution >= 0.6 is 11.6 Å². The monoisotopic (exact) mass is 393 g/mol. The number of nitrogens with one attached hydrogen (secondary N) is 1. The van der Waals surface area contributed by atoms with E-state index in [4.69, 9.17) is 11.6 Å². The lowest BCUT2D eigenvalue weighted by Crippen LogP contribution is -2.39. The van der Waals surface area contributed by atoms with Crippen molar-refractivity contribution in [3.63, 3.8) is 0 Å². The number of hydrazone groups is 1. The third-order valence-electron chi connectivity index (χ3n) is 3.63. The number of carbonyl (C=O) groups excluding carboxylic acids is 1. The highest BCUT2D eigenvalue weighted by Crippen LogP contribution is 2.23. The Morgan fingerprint density at radius 2 is 1.85 bits per heavy atom. The van der Waals surface area contributed by atoms with Crippen LogP contribution in [0.15, 0.2) is 53.6 Å². The molecule has 0 bridgehead atoms. The van der Waals surface area contributed by atoms with Gasteiger partial charge >= 0.3 is 0 Å². The third kappa shape index (κ3) is 5.31. The van der Waals surface area contributed by atoms with Gasteiger partial charge in [0.1, 0.15) is 6.54 Å². The Balaban J connectivity index is 2.14. The van der Waals surface area contributed by atoms with Gasteiger partial charge in [0, 0.05) is 10.6 Å². The molecule has 6 nitrogen and oxygen atoms in total. The molecule has 0 fully saturated rings. The molecule has 0 spiro atoms. The summed E-state index contributed by atoms with van der Waals surface area (Å²) in [5.41, 5.74) is 4.31. The van der Waals surface area contributed by atoms with Gasteiger partial charge in [-0.05, 0) is 24.1 Å². The fourth-order valence-electron chi connectivity index (χ4n) is 2.35. The number of para-hydroxylation sites is 1. The normalized spacial score (nSPS) is 11.5. The average Bonchev–Trinajstić information content (AvgIpc) is 2.60. The number of carbonyl (C=O) groups is 1. The van der Waals surface area contributed by atoms with Gasteiger partial charge in [-0.1, -0.05) is 54.9 Å². The number of hydrogen-bond donors (Lipinski definition) is 1. The number of rotatable bonds is 7. The summed E-state index contributed by atoms with van der Waals surface area (Å²) in [6.45, 7) is 1.56. The first-order chi connectivity index (χ1) is 12.3. The first-order valence-electron chi connectivity index (χ1n) is 7.95. The predicted octanol–water partition coefficient (Wildman–Crippen LogP) is 2.82. The highest BCUT2D eigenvalue weighted by molar-refractivity contribution is 7.92. The Morgan fingerprint density at radius 1 is 1.19 bits per heavy atom. The number of benzene rings is 2. The SMILES string of the molecule is CCc1ccccc1N(CC(=O)N/N=C\c1ccccc1Cl)S(C)(=O)=O. The largest absolute Gasteiger partial charge is 0.271 e. The molecule has 1 amide bonds. The molecule has 0 atom stereocenters. The minimum atomic E-state index is -3.63. The van der Waals surface area contributed by atoms with Crippen molar-refractivity contribution in [1.29, 1.82) is 0 Å². The van der Waals surface area contributed by atoms with Crippen molar-refractivity contribution >= 4 is 39.4 Å². The second-order valence-electron chi connectivity index (χ2n) is 5.57. The molecular formula is C18H20ClN3O3S. The Kier molecular flexibility index (Phi) is 6.76. The summed E-state index contributed by atoms with van der Waals surface area (Å²) >= 11 is 6.01. The molecule has 0 unspecified atom stereocenters. The van der Waals surface area contributed by atoms with Gasteiger partial charge in [-0.2, -0.15) is 5.10 Å². The lowest BCUT2D eigenvalue weighted by molar-refractivity contribution is -0.119. The van der Waals surface area contributed by atoms with Crippen LogP contribution in [0.2, 0.25) is 5.02 Å². The van der Waals surface area contributed by atoms with Crippen LogP contribution in [0.25, 0.3) is 0 Å². The molecular weight excluding hydrogens is 374 g/mol. The van der Waals surface area contributed by atoms with Crippen molar-refractivity contribution in [3.05, 3.63) is 64.7 Å². The minimum absolute atomic E-state index is 0.365. The van der Waals surface area contributed by atoms with E-state index in [1.165, 1.54) is 6.21 Å². The van der Waals surface area contributed by atoms with Gasteiger partial charge in [0.25, 0.3) is 5.91 Å². The van der Waals surface area contributed by atoms with E-state index in [2.05, 4.69) is 10.5 Å². The number of aryl methyl sites for hydroxylation is 1. The molecule has 0 aliphatic heterocycles. The van der Waals surface area contributed by atoms with E-state index in [1.807, 2.05) is 19.1 Å². The van der Waals surface area contributed by atoms with Crippen LogP contribution in [-0.2, 0) is 21.2 Å². The third-order valence-corrected chi connectivity index (χ3v) is 5.10. The lowest BCUT2D eigenvalue weighted by Gasteiger charge is -2.23. The molecule has 26 heavy (non-hydrogen) atoms. The maximum absolute atomic E-state index is 12.2. The van der Waals surface area contributed by atoms with E-state index >= 15 is 0 Å². The zero-order chi connectivity index (χ0) is 19.2. The molecule has 0 saturated heterocycles. The van der Waals surface area contributed by atoms with Crippen molar-refractivity contribution in [3.8, 4) is 0 Å². The molecule has 0 aliphatic carbocycles. The highest BCUT2D eigenvalue weighted by atomic mass is 35.5. The topological polar surface area (TPSA) is 78.8 Å². The summed E-state index contributed by atoms with van der Waals surface area (Å²) < 4.78 is 25.4. The molecule has 138 valence electrons. The maximum atomic E-state index is 12.2. The van der Waals surface area contributed by atoms with Gasteiger partial charge in [-0.15, -0.1) is 0 Å². The molecule has 0 radical (unpaired) electrons. The van der Waals surface area contributed by atoms with Gasteiger partial charge in [-0.25, -0.2) is 13.8 Å². The van der Waals surface area contributed by atoms with Gasteiger partial charge < -0.3 is 0 Å². The number of nitrogens with zero attached hydrogens (tertiary/aromatic N) is 2. The van der Waals surface area contributed by atoms with Gasteiger partial charge in [0.05, 0.1) is 18.2 Å². The van der Waals surface area contributed by atoms with E-state index in [0.29, 0.717) is 22.7 Å². The molecule has 0 saturated carbocycles. The molecule has 1 N–H and O–H groups in total. The highest BCUT2D eigenvalue weighted by Gasteiger charge is 2.22. The summed E-state index contributed by atoms with van der Waals surface area (Å²) in [6.07, 6.45) is 3.12. The molecule has 2 rings (SSSR count). The summed E-state index contributed by atoms with van der Waals surface area (Å²) in [5.74, 6) is -0.551.